The SMILES string of the molecule is CN=Nc1ccc(N=Nc2cccc3c(N/N=C4\C=Cc5ccccc5C4=O)cccc23)c2ccccc12. The van der Waals surface area contributed by atoms with E-state index in [1.165, 1.54) is 0 Å². The molecule has 38 heavy (non-hydrogen) atoms. The van der Waals surface area contributed by atoms with Crippen LogP contribution in [0, 0.1) is 0 Å². The van der Waals surface area contributed by atoms with Gasteiger partial charge in [-0.2, -0.15) is 15.3 Å². The van der Waals surface area contributed by atoms with Gasteiger partial charge in [-0.3, -0.25) is 10.2 Å². The summed E-state index contributed by atoms with van der Waals surface area (Å²) in [7, 11) is 1.65. The Hall–Kier alpha value is -5.30. The number of allylic oxidation sites excluding steroid dienone is 1. The highest BCUT2D eigenvalue weighted by Gasteiger charge is 2.19. The maximum atomic E-state index is 12.9. The van der Waals surface area contributed by atoms with Crippen LogP contribution in [-0.4, -0.2) is 18.5 Å². The molecule has 0 bridgehead atoms. The number of anilines is 1. The second kappa shape index (κ2) is 9.99. The number of carbonyl (C=O) groups is 1. The number of hydrazone groups is 1. The minimum atomic E-state index is -0.107. The molecule has 0 unspecified atom stereocenters. The second-order valence-corrected chi connectivity index (χ2v) is 8.69. The zero-order chi connectivity index (χ0) is 25.9. The highest BCUT2D eigenvalue weighted by Crippen LogP contribution is 2.36. The van der Waals surface area contributed by atoms with Crippen molar-refractivity contribution in [1.29, 1.82) is 0 Å². The Labute approximate surface area is 219 Å². The lowest BCUT2D eigenvalue weighted by atomic mass is 9.95. The monoisotopic (exact) mass is 494 g/mol. The topological polar surface area (TPSA) is 90.9 Å². The zero-order valence-electron chi connectivity index (χ0n) is 20.5. The number of benzene rings is 5. The normalized spacial score (nSPS) is 14.2. The van der Waals surface area contributed by atoms with Gasteiger partial charge in [0.1, 0.15) is 5.71 Å². The molecule has 0 atom stereocenters. The summed E-state index contributed by atoms with van der Waals surface area (Å²) in [6.45, 7) is 0. The number of nitrogens with one attached hydrogen (secondary N) is 1. The van der Waals surface area contributed by atoms with E-state index in [1.807, 2.05) is 103 Å². The van der Waals surface area contributed by atoms with Crippen molar-refractivity contribution in [3.05, 3.63) is 114 Å². The molecule has 1 aliphatic carbocycles. The summed E-state index contributed by atoms with van der Waals surface area (Å²) in [6.07, 6.45) is 3.64. The molecule has 0 amide bonds. The Kier molecular flexibility index (Phi) is 6.08. The lowest BCUT2D eigenvalue weighted by molar-refractivity contribution is 0.106. The van der Waals surface area contributed by atoms with E-state index < -0.39 is 0 Å². The number of fused-ring (bicyclic) bond motifs is 3. The first-order valence-electron chi connectivity index (χ1n) is 12.1. The molecule has 0 fully saturated rings. The Morgan fingerprint density at radius 2 is 1.18 bits per heavy atom. The van der Waals surface area contributed by atoms with Crippen molar-refractivity contribution in [3.63, 3.8) is 0 Å². The molecule has 0 aromatic heterocycles. The number of azo groups is 2. The van der Waals surface area contributed by atoms with Crippen LogP contribution < -0.4 is 5.43 Å². The van der Waals surface area contributed by atoms with Crippen LogP contribution in [0.5, 0.6) is 0 Å². The molecule has 0 spiro atoms. The molecular weight excluding hydrogens is 472 g/mol. The van der Waals surface area contributed by atoms with Crippen molar-refractivity contribution >= 4 is 61.9 Å². The number of carbonyl (C=O) groups excluding carboxylic acids is 1. The average molecular weight is 495 g/mol. The van der Waals surface area contributed by atoms with Gasteiger partial charge in [-0.1, -0.05) is 78.9 Å². The van der Waals surface area contributed by atoms with Crippen LogP contribution in [0.15, 0.2) is 129 Å². The Bertz CT molecular complexity index is 1830. The Morgan fingerprint density at radius 1 is 0.579 bits per heavy atom. The molecule has 5 aromatic carbocycles. The fourth-order valence-electron chi connectivity index (χ4n) is 4.58. The molecule has 6 rings (SSSR count). The Balaban J connectivity index is 1.33. The van der Waals surface area contributed by atoms with Gasteiger partial charge in [0.05, 0.1) is 22.7 Å². The van der Waals surface area contributed by atoms with Crippen LogP contribution in [0.3, 0.4) is 0 Å². The van der Waals surface area contributed by atoms with Gasteiger partial charge < -0.3 is 0 Å². The minimum Gasteiger partial charge on any atom is -0.287 e. The Morgan fingerprint density at radius 3 is 1.97 bits per heavy atom. The second-order valence-electron chi connectivity index (χ2n) is 8.69. The van der Waals surface area contributed by atoms with Gasteiger partial charge in [0.2, 0.25) is 5.78 Å². The fourth-order valence-corrected chi connectivity index (χ4v) is 4.58. The van der Waals surface area contributed by atoms with Gasteiger partial charge >= 0.3 is 0 Å². The van der Waals surface area contributed by atoms with E-state index in [0.717, 1.165) is 49.9 Å². The van der Waals surface area contributed by atoms with Crippen LogP contribution in [0.2, 0.25) is 0 Å². The van der Waals surface area contributed by atoms with Gasteiger partial charge in [-0.15, -0.1) is 10.2 Å². The standard InChI is InChI=1S/C31H22N6O/c1-32-33-28-18-19-29(23-11-5-4-10-22(23)28)36-34-26-14-6-13-25-24(26)12-7-15-27(25)35-37-30-17-16-20-8-2-3-9-21(20)31(30)38/h2-19,35H,1H3/b33-32?,36-34?,37-30+. The van der Waals surface area contributed by atoms with Crippen LogP contribution in [0.1, 0.15) is 15.9 Å². The summed E-state index contributed by atoms with van der Waals surface area (Å²) in [4.78, 5) is 12.9. The first-order chi connectivity index (χ1) is 18.7. The van der Waals surface area contributed by atoms with E-state index >= 15 is 0 Å². The molecular formula is C31H22N6O. The summed E-state index contributed by atoms with van der Waals surface area (Å²) in [5, 5.41) is 25.5. The van der Waals surface area contributed by atoms with Crippen LogP contribution in [0.25, 0.3) is 27.6 Å². The van der Waals surface area contributed by atoms with E-state index in [2.05, 4.69) is 31.0 Å². The largest absolute Gasteiger partial charge is 0.287 e. The maximum Gasteiger partial charge on any atom is 0.213 e. The average Bonchev–Trinajstić information content (AvgIpc) is 2.96. The highest BCUT2D eigenvalue weighted by molar-refractivity contribution is 6.52. The van der Waals surface area contributed by atoms with Gasteiger partial charge in [0, 0.05) is 34.2 Å². The van der Waals surface area contributed by atoms with Gasteiger partial charge in [-0.25, -0.2) is 0 Å². The van der Waals surface area contributed by atoms with Gasteiger partial charge in [0.25, 0.3) is 0 Å². The predicted molar refractivity (Wildman–Crippen MR) is 153 cm³/mol. The van der Waals surface area contributed by atoms with Crippen molar-refractivity contribution in [2.45, 2.75) is 0 Å². The smallest absolute Gasteiger partial charge is 0.213 e. The molecule has 1 N–H and O–H groups in total. The molecule has 0 saturated heterocycles. The third-order valence-corrected chi connectivity index (χ3v) is 6.41. The van der Waals surface area contributed by atoms with E-state index in [-0.39, 0.29) is 5.78 Å². The number of hydrogen-bond acceptors (Lipinski definition) is 7. The summed E-state index contributed by atoms with van der Waals surface area (Å²) >= 11 is 0. The van der Waals surface area contributed by atoms with E-state index in [9.17, 15) is 4.79 Å². The molecule has 0 aliphatic heterocycles. The molecule has 5 aromatic rings. The summed E-state index contributed by atoms with van der Waals surface area (Å²) in [5.74, 6) is -0.107. The maximum absolute atomic E-state index is 12.9. The van der Waals surface area contributed by atoms with Crippen LogP contribution in [-0.2, 0) is 0 Å². The molecule has 0 heterocycles. The van der Waals surface area contributed by atoms with Crippen LogP contribution in [0.4, 0.5) is 22.7 Å². The van der Waals surface area contributed by atoms with Crippen molar-refractivity contribution < 1.29 is 4.79 Å². The summed E-state index contributed by atoms with van der Waals surface area (Å²) < 4.78 is 0. The molecule has 182 valence electrons. The van der Waals surface area contributed by atoms with Crippen molar-refractivity contribution in [3.8, 4) is 0 Å². The third kappa shape index (κ3) is 4.26. The first-order valence-corrected chi connectivity index (χ1v) is 12.1. The van der Waals surface area contributed by atoms with E-state index in [1.54, 1.807) is 13.1 Å². The first kappa shape index (κ1) is 23.1. The third-order valence-electron chi connectivity index (χ3n) is 6.41. The van der Waals surface area contributed by atoms with Crippen molar-refractivity contribution in [2.24, 2.45) is 25.6 Å². The molecule has 0 radical (unpaired) electrons. The lowest BCUT2D eigenvalue weighted by Gasteiger charge is -2.12. The number of nitrogens with zero attached hydrogens (tertiary/aromatic N) is 5. The lowest BCUT2D eigenvalue weighted by Crippen LogP contribution is -2.18. The molecule has 1 aliphatic rings. The number of hydrogen-bond donors (Lipinski definition) is 1. The van der Waals surface area contributed by atoms with Crippen LogP contribution >= 0.6 is 0 Å². The number of ketones is 1. The van der Waals surface area contributed by atoms with Gasteiger partial charge in [-0.05, 0) is 35.9 Å². The fraction of sp³-hybridized carbons (Fsp3) is 0.0323. The van der Waals surface area contributed by atoms with Crippen molar-refractivity contribution in [1.82, 2.24) is 0 Å². The number of rotatable bonds is 5. The number of Topliss-reactive ketones (excluding diaryl/α,β-unsaturated/α-hetero) is 1. The molecule has 7 nitrogen and oxygen atoms in total. The zero-order valence-corrected chi connectivity index (χ0v) is 20.5. The molecule has 0 saturated carbocycles. The summed E-state index contributed by atoms with van der Waals surface area (Å²) in [5.41, 5.74) is 8.02. The van der Waals surface area contributed by atoms with E-state index in [4.69, 9.17) is 0 Å². The predicted octanol–water partition coefficient (Wildman–Crippen LogP) is 8.80. The van der Waals surface area contributed by atoms with Gasteiger partial charge in [0.15, 0.2) is 0 Å². The highest BCUT2D eigenvalue weighted by atomic mass is 16.1. The minimum absolute atomic E-state index is 0.107. The van der Waals surface area contributed by atoms with Crippen molar-refractivity contribution in [2.75, 3.05) is 12.5 Å². The van der Waals surface area contributed by atoms with E-state index in [0.29, 0.717) is 11.3 Å². The summed E-state index contributed by atoms with van der Waals surface area (Å²) in [6, 6.07) is 30.9. The quantitative estimate of drug-likeness (QED) is 0.195. The molecule has 7 heteroatoms.